The molecule has 0 fully saturated rings. The number of hydrogen-bond acceptors (Lipinski definition) is 1. The van der Waals surface area contributed by atoms with Gasteiger partial charge in [0.05, 0.1) is 0 Å². The summed E-state index contributed by atoms with van der Waals surface area (Å²) in [7, 11) is 0. The molecule has 0 radical (unpaired) electrons. The van der Waals surface area contributed by atoms with Crippen LogP contribution in [0.25, 0.3) is 10.9 Å². The predicted molar refractivity (Wildman–Crippen MR) is 63.2 cm³/mol. The third-order valence-electron chi connectivity index (χ3n) is 3.28. The molecule has 0 aliphatic carbocycles. The summed E-state index contributed by atoms with van der Waals surface area (Å²) in [6.45, 7) is 3.34. The molecular formula is C13H16N2. The molecule has 2 heteroatoms. The van der Waals surface area contributed by atoms with Gasteiger partial charge in [-0.2, -0.15) is 0 Å². The van der Waals surface area contributed by atoms with Gasteiger partial charge < -0.3 is 10.3 Å². The molecule has 1 aliphatic heterocycles. The van der Waals surface area contributed by atoms with Gasteiger partial charge in [-0.3, -0.25) is 0 Å². The van der Waals surface area contributed by atoms with E-state index in [4.69, 9.17) is 0 Å². The maximum atomic E-state index is 3.55. The third kappa shape index (κ3) is 1.45. The smallest absolute Gasteiger partial charge is 0.0458 e. The number of fused-ring (bicyclic) bond motifs is 3. The Morgan fingerprint density at radius 1 is 1.27 bits per heavy atom. The standard InChI is InChI=1S/C13H16N2/c1-9-8-13-11(6-7-14-9)10-4-2-3-5-12(10)15-13/h2-5,9,14-15H,6-8H2,1H3. The van der Waals surface area contributed by atoms with Gasteiger partial charge in [0.25, 0.3) is 0 Å². The second kappa shape index (κ2) is 3.38. The van der Waals surface area contributed by atoms with Crippen molar-refractivity contribution in [3.05, 3.63) is 35.5 Å². The highest BCUT2D eigenvalue weighted by molar-refractivity contribution is 5.84. The Hall–Kier alpha value is -1.28. The highest BCUT2D eigenvalue weighted by Crippen LogP contribution is 2.25. The summed E-state index contributed by atoms with van der Waals surface area (Å²) in [6, 6.07) is 9.19. The molecule has 2 aromatic rings. The fraction of sp³-hybridized carbons (Fsp3) is 0.385. The van der Waals surface area contributed by atoms with E-state index in [0.717, 1.165) is 19.4 Å². The summed E-state index contributed by atoms with van der Waals surface area (Å²) >= 11 is 0. The lowest BCUT2D eigenvalue weighted by Crippen LogP contribution is -2.27. The summed E-state index contributed by atoms with van der Waals surface area (Å²) in [5, 5.41) is 4.93. The SMILES string of the molecule is CC1Cc2[nH]c3ccccc3c2CCN1. The molecule has 2 N–H and O–H groups in total. The maximum Gasteiger partial charge on any atom is 0.0458 e. The van der Waals surface area contributed by atoms with Crippen LogP contribution in [0.1, 0.15) is 18.2 Å². The van der Waals surface area contributed by atoms with Crippen LogP contribution in [0.2, 0.25) is 0 Å². The number of para-hydroxylation sites is 1. The average molecular weight is 200 g/mol. The van der Waals surface area contributed by atoms with Gasteiger partial charge in [-0.25, -0.2) is 0 Å². The lowest BCUT2D eigenvalue weighted by Gasteiger charge is -2.07. The Bertz CT molecular complexity index is 484. The van der Waals surface area contributed by atoms with E-state index in [9.17, 15) is 0 Å². The number of benzene rings is 1. The van der Waals surface area contributed by atoms with Crippen molar-refractivity contribution >= 4 is 10.9 Å². The van der Waals surface area contributed by atoms with Gasteiger partial charge in [0, 0.05) is 29.1 Å². The molecule has 1 aromatic heterocycles. The molecule has 1 atom stereocenters. The second-order valence-electron chi connectivity index (χ2n) is 4.44. The molecule has 0 amide bonds. The fourth-order valence-electron chi connectivity index (χ4n) is 2.54. The minimum absolute atomic E-state index is 0.583. The van der Waals surface area contributed by atoms with Gasteiger partial charge in [0.2, 0.25) is 0 Å². The first-order valence-corrected chi connectivity index (χ1v) is 5.66. The molecule has 0 saturated heterocycles. The van der Waals surface area contributed by atoms with Gasteiger partial charge in [0.15, 0.2) is 0 Å². The number of hydrogen-bond donors (Lipinski definition) is 2. The lowest BCUT2D eigenvalue weighted by atomic mass is 10.1. The quantitative estimate of drug-likeness (QED) is 0.670. The molecule has 1 unspecified atom stereocenters. The summed E-state index contributed by atoms with van der Waals surface area (Å²) in [5.74, 6) is 0. The van der Waals surface area contributed by atoms with Gasteiger partial charge in [-0.05, 0) is 31.5 Å². The maximum absolute atomic E-state index is 3.55. The summed E-state index contributed by atoms with van der Waals surface area (Å²) in [4.78, 5) is 3.55. The molecule has 1 aromatic carbocycles. The molecule has 0 bridgehead atoms. The van der Waals surface area contributed by atoms with E-state index < -0.39 is 0 Å². The lowest BCUT2D eigenvalue weighted by molar-refractivity contribution is 0.564. The van der Waals surface area contributed by atoms with Crippen molar-refractivity contribution in [2.75, 3.05) is 6.54 Å². The van der Waals surface area contributed by atoms with Crippen molar-refractivity contribution in [3.63, 3.8) is 0 Å². The molecule has 3 rings (SSSR count). The van der Waals surface area contributed by atoms with Crippen molar-refractivity contribution in [1.29, 1.82) is 0 Å². The topological polar surface area (TPSA) is 27.8 Å². The number of aromatic amines is 1. The Morgan fingerprint density at radius 2 is 2.13 bits per heavy atom. The Morgan fingerprint density at radius 3 is 3.07 bits per heavy atom. The normalized spacial score (nSPS) is 21.3. The monoisotopic (exact) mass is 200 g/mol. The number of H-pyrrole nitrogens is 1. The van der Waals surface area contributed by atoms with E-state index in [1.54, 1.807) is 0 Å². The molecule has 2 nitrogen and oxygen atoms in total. The van der Waals surface area contributed by atoms with Crippen LogP contribution in [0.15, 0.2) is 24.3 Å². The molecular weight excluding hydrogens is 184 g/mol. The average Bonchev–Trinajstić information content (AvgIpc) is 2.46. The zero-order chi connectivity index (χ0) is 10.3. The minimum atomic E-state index is 0.583. The number of aromatic nitrogens is 1. The van der Waals surface area contributed by atoms with Crippen LogP contribution in [0.4, 0.5) is 0 Å². The first-order valence-electron chi connectivity index (χ1n) is 5.66. The highest BCUT2D eigenvalue weighted by Gasteiger charge is 2.16. The van der Waals surface area contributed by atoms with Crippen molar-refractivity contribution in [2.24, 2.45) is 0 Å². The second-order valence-corrected chi connectivity index (χ2v) is 4.44. The van der Waals surface area contributed by atoms with Crippen LogP contribution in [-0.2, 0) is 12.8 Å². The Balaban J connectivity index is 2.19. The largest absolute Gasteiger partial charge is 0.358 e. The molecule has 78 valence electrons. The minimum Gasteiger partial charge on any atom is -0.358 e. The van der Waals surface area contributed by atoms with Gasteiger partial charge in [0.1, 0.15) is 0 Å². The van der Waals surface area contributed by atoms with E-state index in [1.165, 1.54) is 22.2 Å². The molecule has 15 heavy (non-hydrogen) atoms. The van der Waals surface area contributed by atoms with Crippen molar-refractivity contribution < 1.29 is 0 Å². The molecule has 0 saturated carbocycles. The number of rotatable bonds is 0. The Labute approximate surface area is 89.7 Å². The first kappa shape index (κ1) is 8.98. The van der Waals surface area contributed by atoms with Gasteiger partial charge in [-0.15, -0.1) is 0 Å². The summed E-state index contributed by atoms with van der Waals surface area (Å²) in [6.07, 6.45) is 2.26. The highest BCUT2D eigenvalue weighted by atomic mass is 14.9. The first-order chi connectivity index (χ1) is 7.34. The van der Waals surface area contributed by atoms with Crippen LogP contribution in [0.5, 0.6) is 0 Å². The molecule has 2 heterocycles. The summed E-state index contributed by atoms with van der Waals surface area (Å²) < 4.78 is 0. The van der Waals surface area contributed by atoms with E-state index in [2.05, 4.69) is 41.5 Å². The van der Waals surface area contributed by atoms with E-state index in [-0.39, 0.29) is 0 Å². The van der Waals surface area contributed by atoms with Crippen LogP contribution in [0.3, 0.4) is 0 Å². The van der Waals surface area contributed by atoms with Crippen molar-refractivity contribution in [2.45, 2.75) is 25.8 Å². The zero-order valence-corrected chi connectivity index (χ0v) is 9.01. The molecule has 1 aliphatic rings. The Kier molecular flexibility index (Phi) is 2.03. The van der Waals surface area contributed by atoms with Crippen LogP contribution in [0, 0.1) is 0 Å². The van der Waals surface area contributed by atoms with Crippen LogP contribution in [-0.4, -0.2) is 17.6 Å². The van der Waals surface area contributed by atoms with Crippen LogP contribution < -0.4 is 5.32 Å². The van der Waals surface area contributed by atoms with E-state index >= 15 is 0 Å². The van der Waals surface area contributed by atoms with E-state index in [1.807, 2.05) is 0 Å². The third-order valence-corrected chi connectivity index (χ3v) is 3.28. The van der Waals surface area contributed by atoms with Crippen molar-refractivity contribution in [3.8, 4) is 0 Å². The van der Waals surface area contributed by atoms with E-state index in [0.29, 0.717) is 6.04 Å². The van der Waals surface area contributed by atoms with Crippen molar-refractivity contribution in [1.82, 2.24) is 10.3 Å². The number of nitrogens with one attached hydrogen (secondary N) is 2. The summed E-state index contributed by atoms with van der Waals surface area (Å²) in [5.41, 5.74) is 4.23. The van der Waals surface area contributed by atoms with Gasteiger partial charge in [-0.1, -0.05) is 18.2 Å². The van der Waals surface area contributed by atoms with Crippen LogP contribution >= 0.6 is 0 Å². The van der Waals surface area contributed by atoms with Gasteiger partial charge >= 0.3 is 0 Å². The molecule has 0 spiro atoms. The fourth-order valence-corrected chi connectivity index (χ4v) is 2.54. The zero-order valence-electron chi connectivity index (χ0n) is 9.01. The predicted octanol–water partition coefficient (Wildman–Crippen LogP) is 2.24.